The third kappa shape index (κ3) is 5.52. The summed E-state index contributed by atoms with van der Waals surface area (Å²) in [5.41, 5.74) is 0. The molecule has 3 heteroatoms. The Bertz CT molecular complexity index is 273. The molecule has 1 heterocycles. The molecule has 0 aromatic rings. The highest BCUT2D eigenvalue weighted by molar-refractivity contribution is 4.90. The Labute approximate surface area is 118 Å². The Kier molecular flexibility index (Phi) is 6.70. The number of hydrogen-bond acceptors (Lipinski definition) is 3. The minimum Gasteiger partial charge on any atom is -0.377 e. The zero-order valence-corrected chi connectivity index (χ0v) is 12.1. The SMILES string of the molecule is C#CCN1CCC(NCCOC2CCCCC2)CC1. The van der Waals surface area contributed by atoms with Gasteiger partial charge in [-0.3, -0.25) is 4.90 Å². The van der Waals surface area contributed by atoms with Crippen LogP contribution < -0.4 is 5.32 Å². The lowest BCUT2D eigenvalue weighted by molar-refractivity contribution is 0.0285. The molecule has 3 nitrogen and oxygen atoms in total. The van der Waals surface area contributed by atoms with E-state index in [-0.39, 0.29) is 0 Å². The molecular formula is C16H28N2O. The van der Waals surface area contributed by atoms with Gasteiger partial charge in [-0.2, -0.15) is 0 Å². The number of likely N-dealkylation sites (tertiary alicyclic amines) is 1. The molecule has 2 fully saturated rings. The molecule has 0 atom stereocenters. The van der Waals surface area contributed by atoms with E-state index >= 15 is 0 Å². The van der Waals surface area contributed by atoms with Crippen molar-refractivity contribution in [3.8, 4) is 12.3 Å². The first kappa shape index (κ1) is 14.8. The van der Waals surface area contributed by atoms with Crippen LogP contribution in [0, 0.1) is 12.3 Å². The van der Waals surface area contributed by atoms with Gasteiger partial charge >= 0.3 is 0 Å². The summed E-state index contributed by atoms with van der Waals surface area (Å²) in [5.74, 6) is 2.73. The maximum Gasteiger partial charge on any atom is 0.0598 e. The van der Waals surface area contributed by atoms with Crippen molar-refractivity contribution in [2.45, 2.75) is 57.1 Å². The van der Waals surface area contributed by atoms with E-state index in [1.807, 2.05) is 0 Å². The Hall–Kier alpha value is -0.560. The maximum absolute atomic E-state index is 5.93. The number of terminal acetylenes is 1. The van der Waals surface area contributed by atoms with Gasteiger partial charge in [-0.1, -0.05) is 25.2 Å². The predicted octanol–water partition coefficient (Wildman–Crippen LogP) is 2.02. The van der Waals surface area contributed by atoms with Gasteiger partial charge in [-0.25, -0.2) is 0 Å². The normalized spacial score (nSPS) is 23.3. The second kappa shape index (κ2) is 8.58. The van der Waals surface area contributed by atoms with Crippen LogP contribution in [0.5, 0.6) is 0 Å². The van der Waals surface area contributed by atoms with Crippen molar-refractivity contribution in [1.29, 1.82) is 0 Å². The zero-order valence-electron chi connectivity index (χ0n) is 12.1. The third-order valence-electron chi connectivity index (χ3n) is 4.34. The smallest absolute Gasteiger partial charge is 0.0598 e. The van der Waals surface area contributed by atoms with Gasteiger partial charge in [0.25, 0.3) is 0 Å². The molecule has 1 aliphatic carbocycles. The van der Waals surface area contributed by atoms with E-state index in [0.717, 1.165) is 32.8 Å². The van der Waals surface area contributed by atoms with Crippen molar-refractivity contribution >= 4 is 0 Å². The molecule has 0 spiro atoms. The summed E-state index contributed by atoms with van der Waals surface area (Å²) in [7, 11) is 0. The molecule has 1 N–H and O–H groups in total. The Morgan fingerprint density at radius 2 is 1.84 bits per heavy atom. The highest BCUT2D eigenvalue weighted by Gasteiger charge is 2.18. The summed E-state index contributed by atoms with van der Waals surface area (Å²) < 4.78 is 5.93. The van der Waals surface area contributed by atoms with Crippen LogP contribution in [0.15, 0.2) is 0 Å². The first-order valence-corrected chi connectivity index (χ1v) is 7.89. The van der Waals surface area contributed by atoms with Crippen LogP contribution >= 0.6 is 0 Å². The van der Waals surface area contributed by atoms with Crippen molar-refractivity contribution in [2.75, 3.05) is 32.8 Å². The first-order chi connectivity index (χ1) is 9.38. The Balaban J connectivity index is 1.49. The fraction of sp³-hybridized carbons (Fsp3) is 0.875. The summed E-state index contributed by atoms with van der Waals surface area (Å²) in [4.78, 5) is 2.36. The van der Waals surface area contributed by atoms with Gasteiger partial charge in [-0.15, -0.1) is 6.42 Å². The van der Waals surface area contributed by atoms with Crippen LogP contribution in [0.3, 0.4) is 0 Å². The quantitative estimate of drug-likeness (QED) is 0.587. The van der Waals surface area contributed by atoms with Crippen molar-refractivity contribution < 1.29 is 4.74 Å². The molecule has 0 bridgehead atoms. The van der Waals surface area contributed by atoms with Crippen molar-refractivity contribution in [1.82, 2.24) is 10.2 Å². The largest absolute Gasteiger partial charge is 0.377 e. The highest BCUT2D eigenvalue weighted by atomic mass is 16.5. The summed E-state index contributed by atoms with van der Waals surface area (Å²) in [6, 6.07) is 0.656. The molecule has 0 amide bonds. The lowest BCUT2D eigenvalue weighted by Crippen LogP contribution is -2.43. The van der Waals surface area contributed by atoms with Crippen LogP contribution in [-0.2, 0) is 4.74 Å². The van der Waals surface area contributed by atoms with Gasteiger partial charge in [0, 0.05) is 25.7 Å². The average Bonchev–Trinajstić information content (AvgIpc) is 2.47. The topological polar surface area (TPSA) is 24.5 Å². The highest BCUT2D eigenvalue weighted by Crippen LogP contribution is 2.19. The first-order valence-electron chi connectivity index (χ1n) is 7.89. The lowest BCUT2D eigenvalue weighted by atomic mass is 9.98. The van der Waals surface area contributed by atoms with Gasteiger partial charge in [0.1, 0.15) is 0 Å². The van der Waals surface area contributed by atoms with Crippen LogP contribution in [-0.4, -0.2) is 49.8 Å². The van der Waals surface area contributed by atoms with Gasteiger partial charge in [0.05, 0.1) is 19.3 Å². The number of nitrogens with one attached hydrogen (secondary N) is 1. The van der Waals surface area contributed by atoms with E-state index in [1.54, 1.807) is 0 Å². The monoisotopic (exact) mass is 264 g/mol. The summed E-state index contributed by atoms with van der Waals surface area (Å²) >= 11 is 0. The van der Waals surface area contributed by atoms with E-state index < -0.39 is 0 Å². The van der Waals surface area contributed by atoms with Gasteiger partial charge in [0.2, 0.25) is 0 Å². The number of piperidine rings is 1. The summed E-state index contributed by atoms with van der Waals surface area (Å²) in [6.45, 7) is 4.93. The molecular weight excluding hydrogens is 236 g/mol. The fourth-order valence-electron chi connectivity index (χ4n) is 3.14. The predicted molar refractivity (Wildman–Crippen MR) is 79.1 cm³/mol. The van der Waals surface area contributed by atoms with E-state index in [2.05, 4.69) is 16.1 Å². The number of rotatable bonds is 6. The zero-order chi connectivity index (χ0) is 13.3. The average molecular weight is 264 g/mol. The minimum atomic E-state index is 0.535. The molecule has 0 aromatic heterocycles. The Morgan fingerprint density at radius 3 is 2.53 bits per heavy atom. The molecule has 2 rings (SSSR count). The van der Waals surface area contributed by atoms with Gasteiger partial charge < -0.3 is 10.1 Å². The number of nitrogens with zero attached hydrogens (tertiary/aromatic N) is 1. The molecule has 0 aromatic carbocycles. The van der Waals surface area contributed by atoms with Crippen LogP contribution in [0.1, 0.15) is 44.9 Å². The number of ether oxygens (including phenoxy) is 1. The van der Waals surface area contributed by atoms with E-state index in [0.29, 0.717) is 12.1 Å². The molecule has 2 aliphatic rings. The van der Waals surface area contributed by atoms with Gasteiger partial charge in [0.15, 0.2) is 0 Å². The fourth-order valence-corrected chi connectivity index (χ4v) is 3.14. The van der Waals surface area contributed by atoms with Crippen LogP contribution in [0.4, 0.5) is 0 Å². The van der Waals surface area contributed by atoms with Crippen LogP contribution in [0.2, 0.25) is 0 Å². The maximum atomic E-state index is 5.93. The van der Waals surface area contributed by atoms with Crippen molar-refractivity contribution in [2.24, 2.45) is 0 Å². The van der Waals surface area contributed by atoms with E-state index in [4.69, 9.17) is 11.2 Å². The van der Waals surface area contributed by atoms with Crippen molar-refractivity contribution in [3.05, 3.63) is 0 Å². The molecule has 1 saturated heterocycles. The third-order valence-corrected chi connectivity index (χ3v) is 4.34. The molecule has 0 radical (unpaired) electrons. The minimum absolute atomic E-state index is 0.535. The number of hydrogen-bond donors (Lipinski definition) is 1. The Morgan fingerprint density at radius 1 is 1.11 bits per heavy atom. The second-order valence-corrected chi connectivity index (χ2v) is 5.84. The van der Waals surface area contributed by atoms with Gasteiger partial charge in [-0.05, 0) is 25.7 Å². The lowest BCUT2D eigenvalue weighted by Gasteiger charge is -2.31. The molecule has 19 heavy (non-hydrogen) atoms. The van der Waals surface area contributed by atoms with E-state index in [1.165, 1.54) is 44.9 Å². The molecule has 1 saturated carbocycles. The van der Waals surface area contributed by atoms with Crippen LogP contribution in [0.25, 0.3) is 0 Å². The molecule has 1 aliphatic heterocycles. The summed E-state index contributed by atoms with van der Waals surface area (Å²) in [6.07, 6.45) is 14.9. The molecule has 108 valence electrons. The summed E-state index contributed by atoms with van der Waals surface area (Å²) in [5, 5.41) is 3.62. The standard InChI is InChI=1S/C16H28N2O/c1-2-11-18-12-8-15(9-13-18)17-10-14-19-16-6-4-3-5-7-16/h1,15-17H,3-14H2. The molecule has 0 unspecified atom stereocenters. The van der Waals surface area contributed by atoms with Crippen molar-refractivity contribution in [3.63, 3.8) is 0 Å². The van der Waals surface area contributed by atoms with E-state index in [9.17, 15) is 0 Å². The second-order valence-electron chi connectivity index (χ2n) is 5.84.